The first-order valence-electron chi connectivity index (χ1n) is 3.25. The summed E-state index contributed by atoms with van der Waals surface area (Å²) < 4.78 is 39.5. The molecule has 1 rings (SSSR count). The van der Waals surface area contributed by atoms with Crippen molar-refractivity contribution in [3.05, 3.63) is 12.0 Å². The third-order valence-corrected chi connectivity index (χ3v) is 1.31. The molecule has 1 aromatic heterocycles. The number of alkyl halides is 3. The summed E-state index contributed by atoms with van der Waals surface area (Å²) in [5, 5.41) is 3.26. The molecule has 3 nitrogen and oxygen atoms in total. The maximum absolute atomic E-state index is 11.7. The molecule has 0 bridgehead atoms. The van der Waals surface area contributed by atoms with E-state index in [0.29, 0.717) is 0 Å². The van der Waals surface area contributed by atoms with E-state index in [4.69, 9.17) is 5.73 Å². The third kappa shape index (κ3) is 2.44. The summed E-state index contributed by atoms with van der Waals surface area (Å²) in [6, 6.07) is 0. The van der Waals surface area contributed by atoms with Crippen LogP contribution in [0.25, 0.3) is 0 Å². The summed E-state index contributed by atoms with van der Waals surface area (Å²) >= 11 is 0. The number of rotatable bonds is 2. The van der Waals surface area contributed by atoms with E-state index in [1.54, 1.807) is 0 Å². The number of nitrogen functional groups attached to an aromatic ring is 1. The van der Waals surface area contributed by atoms with Crippen molar-refractivity contribution >= 4 is 5.69 Å². The number of hydrogen-bond acceptors (Lipinski definition) is 3. The fraction of sp³-hybridized carbons (Fsp3) is 0.500. The number of halogens is 3. The van der Waals surface area contributed by atoms with E-state index in [-0.39, 0.29) is 17.9 Å². The summed E-state index contributed by atoms with van der Waals surface area (Å²) in [5.41, 5.74) is 5.41. The van der Waals surface area contributed by atoms with Crippen LogP contribution in [0.1, 0.15) is 12.2 Å². The lowest BCUT2D eigenvalue weighted by atomic mass is 10.2. The highest BCUT2D eigenvalue weighted by atomic mass is 19.4. The minimum Gasteiger partial charge on any atom is -0.395 e. The Morgan fingerprint density at radius 1 is 1.50 bits per heavy atom. The highest BCUT2D eigenvalue weighted by molar-refractivity contribution is 5.37. The van der Waals surface area contributed by atoms with Crippen molar-refractivity contribution in [2.45, 2.75) is 19.0 Å². The quantitative estimate of drug-likeness (QED) is 0.754. The van der Waals surface area contributed by atoms with Crippen LogP contribution in [-0.2, 0) is 6.42 Å². The topological polar surface area (TPSA) is 52.0 Å². The molecule has 0 saturated heterocycles. The van der Waals surface area contributed by atoms with E-state index >= 15 is 0 Å². The SMILES string of the molecule is Nc1cnoc1CCC(F)(F)F. The van der Waals surface area contributed by atoms with Crippen LogP contribution in [0.2, 0.25) is 0 Å². The van der Waals surface area contributed by atoms with Crippen molar-refractivity contribution in [3.8, 4) is 0 Å². The Kier molecular flexibility index (Phi) is 2.25. The van der Waals surface area contributed by atoms with Gasteiger partial charge in [-0.05, 0) is 0 Å². The second kappa shape index (κ2) is 3.04. The highest BCUT2D eigenvalue weighted by Gasteiger charge is 2.27. The van der Waals surface area contributed by atoms with Crippen LogP contribution < -0.4 is 5.73 Å². The van der Waals surface area contributed by atoms with E-state index in [1.807, 2.05) is 0 Å². The monoisotopic (exact) mass is 180 g/mol. The molecule has 0 atom stereocenters. The summed E-state index contributed by atoms with van der Waals surface area (Å²) in [5.74, 6) is 0.0901. The van der Waals surface area contributed by atoms with Crippen molar-refractivity contribution in [3.63, 3.8) is 0 Å². The second-order valence-electron chi connectivity index (χ2n) is 2.32. The van der Waals surface area contributed by atoms with Crippen molar-refractivity contribution in [2.24, 2.45) is 0 Å². The van der Waals surface area contributed by atoms with Gasteiger partial charge < -0.3 is 10.3 Å². The molecule has 0 unspecified atom stereocenters. The number of aromatic nitrogens is 1. The van der Waals surface area contributed by atoms with Crippen LogP contribution in [-0.4, -0.2) is 11.3 Å². The van der Waals surface area contributed by atoms with E-state index in [9.17, 15) is 13.2 Å². The van der Waals surface area contributed by atoms with E-state index < -0.39 is 12.6 Å². The second-order valence-corrected chi connectivity index (χ2v) is 2.32. The Morgan fingerprint density at radius 2 is 2.17 bits per heavy atom. The zero-order valence-electron chi connectivity index (χ0n) is 6.06. The molecule has 0 amide bonds. The number of nitrogens with zero attached hydrogens (tertiary/aromatic N) is 1. The Hall–Kier alpha value is -1.20. The van der Waals surface area contributed by atoms with Crippen LogP contribution >= 0.6 is 0 Å². The summed E-state index contributed by atoms with van der Waals surface area (Å²) in [4.78, 5) is 0. The average molecular weight is 180 g/mol. The molecule has 0 fully saturated rings. The number of nitrogens with two attached hydrogens (primary N) is 1. The fourth-order valence-corrected chi connectivity index (χ4v) is 0.717. The van der Waals surface area contributed by atoms with Gasteiger partial charge >= 0.3 is 6.18 Å². The molecular weight excluding hydrogens is 173 g/mol. The lowest BCUT2D eigenvalue weighted by Gasteiger charge is -2.03. The molecule has 6 heteroatoms. The van der Waals surface area contributed by atoms with Gasteiger partial charge in [-0.15, -0.1) is 0 Å². The Morgan fingerprint density at radius 3 is 2.58 bits per heavy atom. The lowest BCUT2D eigenvalue weighted by molar-refractivity contribution is -0.134. The zero-order valence-corrected chi connectivity index (χ0v) is 6.06. The van der Waals surface area contributed by atoms with Gasteiger partial charge in [0, 0.05) is 6.42 Å². The van der Waals surface area contributed by atoms with Crippen molar-refractivity contribution < 1.29 is 17.7 Å². The smallest absolute Gasteiger partial charge is 0.389 e. The summed E-state index contributed by atoms with van der Waals surface area (Å²) in [6.45, 7) is 0. The molecule has 0 aromatic carbocycles. The molecule has 1 heterocycles. The van der Waals surface area contributed by atoms with Crippen molar-refractivity contribution in [2.75, 3.05) is 5.73 Å². The maximum Gasteiger partial charge on any atom is 0.389 e. The van der Waals surface area contributed by atoms with Gasteiger partial charge in [0.1, 0.15) is 0 Å². The first-order chi connectivity index (χ1) is 5.49. The Balaban J connectivity index is 2.49. The average Bonchev–Trinajstić information content (AvgIpc) is 2.29. The molecular formula is C6H7F3N2O. The van der Waals surface area contributed by atoms with Crippen LogP contribution in [0, 0.1) is 0 Å². The van der Waals surface area contributed by atoms with Crippen LogP contribution in [0.3, 0.4) is 0 Å². The summed E-state index contributed by atoms with van der Waals surface area (Å²) in [7, 11) is 0. The van der Waals surface area contributed by atoms with Crippen LogP contribution in [0.4, 0.5) is 18.9 Å². The predicted octanol–water partition coefficient (Wildman–Crippen LogP) is 1.75. The van der Waals surface area contributed by atoms with Gasteiger partial charge in [0.15, 0.2) is 5.76 Å². The van der Waals surface area contributed by atoms with Gasteiger partial charge in [-0.3, -0.25) is 0 Å². The zero-order chi connectivity index (χ0) is 9.19. The minimum atomic E-state index is -4.18. The molecule has 0 spiro atoms. The molecule has 1 aromatic rings. The first kappa shape index (κ1) is 8.89. The number of aryl methyl sites for hydroxylation is 1. The summed E-state index contributed by atoms with van der Waals surface area (Å²) in [6.07, 6.45) is -4.19. The maximum atomic E-state index is 11.7. The van der Waals surface area contributed by atoms with Crippen molar-refractivity contribution in [1.82, 2.24) is 5.16 Å². The number of hydrogen-bond donors (Lipinski definition) is 1. The van der Waals surface area contributed by atoms with E-state index in [2.05, 4.69) is 9.68 Å². The lowest BCUT2D eigenvalue weighted by Crippen LogP contribution is -2.08. The molecule has 12 heavy (non-hydrogen) atoms. The van der Waals surface area contributed by atoms with Gasteiger partial charge in [-0.25, -0.2) is 0 Å². The van der Waals surface area contributed by atoms with Gasteiger partial charge in [-0.1, -0.05) is 5.16 Å². The standard InChI is InChI=1S/C6H7F3N2O/c7-6(8,9)2-1-5-4(10)3-11-12-5/h3H,1-2,10H2. The van der Waals surface area contributed by atoms with Crippen LogP contribution in [0.5, 0.6) is 0 Å². The molecule has 68 valence electrons. The fourth-order valence-electron chi connectivity index (χ4n) is 0.717. The van der Waals surface area contributed by atoms with Gasteiger partial charge in [-0.2, -0.15) is 13.2 Å². The van der Waals surface area contributed by atoms with Gasteiger partial charge in [0.25, 0.3) is 0 Å². The Labute approximate surface area is 66.3 Å². The highest BCUT2D eigenvalue weighted by Crippen LogP contribution is 2.23. The minimum absolute atomic E-state index is 0.0901. The molecule has 0 aliphatic rings. The largest absolute Gasteiger partial charge is 0.395 e. The molecule has 0 aliphatic carbocycles. The predicted molar refractivity (Wildman–Crippen MR) is 35.3 cm³/mol. The molecule has 0 aliphatic heterocycles. The molecule has 0 radical (unpaired) electrons. The molecule has 2 N–H and O–H groups in total. The number of anilines is 1. The van der Waals surface area contributed by atoms with Crippen LogP contribution in [0.15, 0.2) is 10.7 Å². The van der Waals surface area contributed by atoms with Crippen molar-refractivity contribution in [1.29, 1.82) is 0 Å². The van der Waals surface area contributed by atoms with E-state index in [1.165, 1.54) is 6.20 Å². The first-order valence-corrected chi connectivity index (χ1v) is 3.25. The van der Waals surface area contributed by atoms with Gasteiger partial charge in [0.05, 0.1) is 18.3 Å². The molecule has 0 saturated carbocycles. The third-order valence-electron chi connectivity index (χ3n) is 1.31. The van der Waals surface area contributed by atoms with E-state index in [0.717, 1.165) is 0 Å². The Bertz CT molecular complexity index is 256. The normalized spacial score (nSPS) is 11.9. The van der Waals surface area contributed by atoms with Gasteiger partial charge in [0.2, 0.25) is 0 Å².